The van der Waals surface area contributed by atoms with E-state index in [1.165, 1.54) is 0 Å². The smallest absolute Gasteiger partial charge is 0.229 e. The fourth-order valence-corrected chi connectivity index (χ4v) is 3.72. The molecule has 6 heteroatoms. The Morgan fingerprint density at radius 1 is 1.48 bits per heavy atom. The van der Waals surface area contributed by atoms with Crippen LogP contribution in [-0.2, 0) is 11.2 Å². The van der Waals surface area contributed by atoms with Gasteiger partial charge in [-0.15, -0.1) is 12.4 Å². The summed E-state index contributed by atoms with van der Waals surface area (Å²) < 4.78 is 5.76. The Morgan fingerprint density at radius 3 is 3.00 bits per heavy atom. The van der Waals surface area contributed by atoms with E-state index in [9.17, 15) is 4.79 Å². The van der Waals surface area contributed by atoms with Crippen molar-refractivity contribution >= 4 is 29.9 Å². The summed E-state index contributed by atoms with van der Waals surface area (Å²) in [6.45, 7) is 4.01. The van der Waals surface area contributed by atoms with E-state index in [4.69, 9.17) is 22.1 Å². The van der Waals surface area contributed by atoms with Crippen LogP contribution >= 0.6 is 24.0 Å². The first-order valence-electron chi connectivity index (χ1n) is 8.00. The van der Waals surface area contributed by atoms with Gasteiger partial charge < -0.3 is 15.4 Å². The molecule has 2 aliphatic heterocycles. The van der Waals surface area contributed by atoms with Gasteiger partial charge in [-0.3, -0.25) is 4.79 Å². The average molecular weight is 359 g/mol. The van der Waals surface area contributed by atoms with Crippen LogP contribution in [0.3, 0.4) is 0 Å². The summed E-state index contributed by atoms with van der Waals surface area (Å²) in [6.07, 6.45) is 2.74. The number of nitrogens with zero attached hydrogens (tertiary/aromatic N) is 1. The lowest BCUT2D eigenvalue weighted by Crippen LogP contribution is -2.52. The molecule has 3 atom stereocenters. The van der Waals surface area contributed by atoms with Crippen molar-refractivity contribution in [2.75, 3.05) is 19.7 Å². The molecule has 23 heavy (non-hydrogen) atoms. The Hall–Kier alpha value is -0.970. The Kier molecular flexibility index (Phi) is 6.18. The second-order valence-corrected chi connectivity index (χ2v) is 6.95. The molecule has 0 bridgehead atoms. The van der Waals surface area contributed by atoms with E-state index >= 15 is 0 Å². The number of fused-ring (bicyclic) bond motifs is 1. The van der Waals surface area contributed by atoms with Crippen LogP contribution in [0.4, 0.5) is 0 Å². The van der Waals surface area contributed by atoms with Gasteiger partial charge in [0.2, 0.25) is 5.91 Å². The van der Waals surface area contributed by atoms with Gasteiger partial charge in [0.15, 0.2) is 0 Å². The van der Waals surface area contributed by atoms with Crippen LogP contribution in [0.1, 0.15) is 25.3 Å². The summed E-state index contributed by atoms with van der Waals surface area (Å²) in [4.78, 5) is 14.9. The van der Waals surface area contributed by atoms with E-state index in [2.05, 4.69) is 6.92 Å². The van der Waals surface area contributed by atoms with Gasteiger partial charge in [-0.2, -0.15) is 0 Å². The molecule has 3 unspecified atom stereocenters. The van der Waals surface area contributed by atoms with Gasteiger partial charge in [0.05, 0.1) is 5.92 Å². The highest BCUT2D eigenvalue weighted by molar-refractivity contribution is 6.30. The summed E-state index contributed by atoms with van der Waals surface area (Å²) >= 11 is 6.05. The molecular formula is C17H24Cl2N2O2. The first-order valence-corrected chi connectivity index (χ1v) is 8.38. The van der Waals surface area contributed by atoms with Gasteiger partial charge >= 0.3 is 0 Å². The topological polar surface area (TPSA) is 55.6 Å². The van der Waals surface area contributed by atoms with Crippen LogP contribution < -0.4 is 10.5 Å². The molecule has 1 amide bonds. The first-order chi connectivity index (χ1) is 10.6. The lowest BCUT2D eigenvalue weighted by atomic mass is 9.89. The average Bonchev–Trinajstić information content (AvgIpc) is 2.53. The standard InChI is InChI=1S/C17H23ClN2O2.ClH/c1-11-4-5-20(15(6-11)9-19)17(21)13-7-12-8-14(18)2-3-16(12)22-10-13;/h2-3,8,11,13,15H,4-7,9-10,19H2,1H3;1H. The number of amides is 1. The summed E-state index contributed by atoms with van der Waals surface area (Å²) in [5.41, 5.74) is 6.90. The van der Waals surface area contributed by atoms with E-state index < -0.39 is 0 Å². The van der Waals surface area contributed by atoms with Crippen molar-refractivity contribution < 1.29 is 9.53 Å². The highest BCUT2D eigenvalue weighted by atomic mass is 35.5. The number of rotatable bonds is 2. The van der Waals surface area contributed by atoms with Crippen molar-refractivity contribution in [3.63, 3.8) is 0 Å². The minimum Gasteiger partial charge on any atom is -0.492 e. The van der Waals surface area contributed by atoms with Crippen molar-refractivity contribution in [3.05, 3.63) is 28.8 Å². The fourth-order valence-electron chi connectivity index (χ4n) is 3.52. The number of likely N-dealkylation sites (tertiary alicyclic amines) is 1. The van der Waals surface area contributed by atoms with Crippen LogP contribution in [0.25, 0.3) is 0 Å². The van der Waals surface area contributed by atoms with E-state index in [-0.39, 0.29) is 30.3 Å². The SMILES string of the molecule is CC1CCN(C(=O)C2COc3ccc(Cl)cc3C2)C(CN)C1.Cl. The van der Waals surface area contributed by atoms with Crippen molar-refractivity contribution in [1.82, 2.24) is 4.90 Å². The zero-order chi connectivity index (χ0) is 15.7. The van der Waals surface area contributed by atoms with Crippen LogP contribution in [-0.4, -0.2) is 36.5 Å². The number of hydrogen-bond acceptors (Lipinski definition) is 3. The third-order valence-electron chi connectivity index (χ3n) is 4.81. The molecule has 0 spiro atoms. The Morgan fingerprint density at radius 2 is 2.26 bits per heavy atom. The fraction of sp³-hybridized carbons (Fsp3) is 0.588. The van der Waals surface area contributed by atoms with Crippen molar-refractivity contribution in [1.29, 1.82) is 0 Å². The van der Waals surface area contributed by atoms with Crippen molar-refractivity contribution in [3.8, 4) is 5.75 Å². The third-order valence-corrected chi connectivity index (χ3v) is 5.05. The number of piperidine rings is 1. The van der Waals surface area contributed by atoms with E-state index in [0.29, 0.717) is 30.5 Å². The number of hydrogen-bond donors (Lipinski definition) is 1. The van der Waals surface area contributed by atoms with Crippen LogP contribution in [0.5, 0.6) is 5.75 Å². The predicted molar refractivity (Wildman–Crippen MR) is 94.3 cm³/mol. The lowest BCUT2D eigenvalue weighted by molar-refractivity contribution is -0.141. The molecule has 3 rings (SSSR count). The van der Waals surface area contributed by atoms with E-state index in [1.54, 1.807) is 0 Å². The number of ether oxygens (including phenoxy) is 1. The summed E-state index contributed by atoms with van der Waals surface area (Å²) in [5.74, 6) is 1.53. The van der Waals surface area contributed by atoms with E-state index in [1.807, 2.05) is 23.1 Å². The molecule has 0 radical (unpaired) electrons. The minimum absolute atomic E-state index is 0. The highest BCUT2D eigenvalue weighted by Crippen LogP contribution is 2.32. The monoisotopic (exact) mass is 358 g/mol. The maximum Gasteiger partial charge on any atom is 0.229 e. The molecule has 4 nitrogen and oxygen atoms in total. The van der Waals surface area contributed by atoms with Crippen LogP contribution in [0.15, 0.2) is 18.2 Å². The molecule has 2 aliphatic rings. The molecule has 1 fully saturated rings. The molecule has 0 saturated carbocycles. The molecule has 2 N–H and O–H groups in total. The van der Waals surface area contributed by atoms with Gasteiger partial charge in [-0.1, -0.05) is 18.5 Å². The van der Waals surface area contributed by atoms with Gasteiger partial charge in [-0.05, 0) is 48.9 Å². The summed E-state index contributed by atoms with van der Waals surface area (Å²) in [6, 6.07) is 5.76. The molecule has 1 aromatic rings. The van der Waals surface area contributed by atoms with Gasteiger partial charge in [-0.25, -0.2) is 0 Å². The molecule has 1 aromatic carbocycles. The second kappa shape index (κ2) is 7.73. The number of nitrogens with two attached hydrogens (primary N) is 1. The molecule has 0 aliphatic carbocycles. The maximum absolute atomic E-state index is 12.9. The molecule has 1 saturated heterocycles. The molecular weight excluding hydrogens is 335 g/mol. The van der Waals surface area contributed by atoms with Crippen LogP contribution in [0.2, 0.25) is 5.02 Å². The predicted octanol–water partition coefficient (Wildman–Crippen LogP) is 2.90. The number of benzene rings is 1. The normalized spacial score (nSPS) is 26.7. The summed E-state index contributed by atoms with van der Waals surface area (Å²) in [7, 11) is 0. The number of carbonyl (C=O) groups is 1. The summed E-state index contributed by atoms with van der Waals surface area (Å²) in [5, 5.41) is 0.682. The quantitative estimate of drug-likeness (QED) is 0.884. The van der Waals surface area contributed by atoms with Gasteiger partial charge in [0.1, 0.15) is 12.4 Å². The number of halogens is 2. The van der Waals surface area contributed by atoms with Gasteiger partial charge in [0.25, 0.3) is 0 Å². The van der Waals surface area contributed by atoms with E-state index in [0.717, 1.165) is 30.7 Å². The number of carbonyl (C=O) groups excluding carboxylic acids is 1. The zero-order valence-corrected chi connectivity index (χ0v) is 14.9. The lowest BCUT2D eigenvalue weighted by Gasteiger charge is -2.40. The third kappa shape index (κ3) is 3.93. The second-order valence-electron chi connectivity index (χ2n) is 6.51. The highest BCUT2D eigenvalue weighted by Gasteiger charge is 2.35. The van der Waals surface area contributed by atoms with Crippen LogP contribution in [0, 0.1) is 11.8 Å². The Labute approximate surface area is 148 Å². The molecule has 128 valence electrons. The minimum atomic E-state index is -0.131. The molecule has 0 aromatic heterocycles. The van der Waals surface area contributed by atoms with Crippen molar-refractivity contribution in [2.24, 2.45) is 17.6 Å². The first kappa shape index (κ1) is 18.4. The maximum atomic E-state index is 12.9. The largest absolute Gasteiger partial charge is 0.492 e. The Bertz CT molecular complexity index is 568. The van der Waals surface area contributed by atoms with Crippen molar-refractivity contribution in [2.45, 2.75) is 32.2 Å². The molecule has 2 heterocycles. The Balaban J connectivity index is 0.00000192. The van der Waals surface area contributed by atoms with Gasteiger partial charge in [0, 0.05) is 24.2 Å². The zero-order valence-electron chi connectivity index (χ0n) is 13.3.